The maximum atomic E-state index is 6.07. The first-order chi connectivity index (χ1) is 7.66. The van der Waals surface area contributed by atoms with Gasteiger partial charge < -0.3 is 21.5 Å². The summed E-state index contributed by atoms with van der Waals surface area (Å²) in [7, 11) is -2.78. The van der Waals surface area contributed by atoms with Crippen molar-refractivity contribution in [3.63, 3.8) is 0 Å². The van der Waals surface area contributed by atoms with E-state index in [0.29, 0.717) is 0 Å². The van der Waals surface area contributed by atoms with Crippen LogP contribution in [0, 0.1) is 0 Å². The minimum Gasteiger partial charge on any atom is -0.433 e. The van der Waals surface area contributed by atoms with Crippen molar-refractivity contribution in [1.82, 2.24) is 0 Å². The molecule has 0 unspecified atom stereocenters. The zero-order chi connectivity index (χ0) is 13.7. The van der Waals surface area contributed by atoms with Crippen LogP contribution in [0.1, 0.15) is 0 Å². The van der Waals surface area contributed by atoms with Gasteiger partial charge in [0.25, 0.3) is 0 Å². The summed E-state index contributed by atoms with van der Waals surface area (Å²) in [5, 5.41) is 0. The molecule has 0 saturated heterocycles. The van der Waals surface area contributed by atoms with E-state index in [9.17, 15) is 0 Å². The highest BCUT2D eigenvalue weighted by Gasteiger charge is 2.49. The van der Waals surface area contributed by atoms with Crippen molar-refractivity contribution in [2.24, 2.45) is 0 Å². The predicted octanol–water partition coefficient (Wildman–Crippen LogP) is 2.03. The van der Waals surface area contributed by atoms with Gasteiger partial charge in [-0.1, -0.05) is 5.70 Å². The molecule has 0 radical (unpaired) electrons. The summed E-state index contributed by atoms with van der Waals surface area (Å²) in [6.45, 7) is 11.8. The van der Waals surface area contributed by atoms with E-state index in [1.54, 1.807) is 0 Å². The molecule has 0 N–H and O–H groups in total. The van der Waals surface area contributed by atoms with Gasteiger partial charge in [0.2, 0.25) is 0 Å². The number of hydrogen-bond donors (Lipinski definition) is 0. The van der Waals surface area contributed by atoms with Crippen molar-refractivity contribution >= 4 is 25.9 Å². The lowest BCUT2D eigenvalue weighted by Crippen LogP contribution is -2.57. The third-order valence-electron chi connectivity index (χ3n) is 2.12. The van der Waals surface area contributed by atoms with Crippen LogP contribution in [-0.4, -0.2) is 47.3 Å². The lowest BCUT2D eigenvalue weighted by Gasteiger charge is -2.36. The van der Waals surface area contributed by atoms with Crippen LogP contribution in [0.5, 0.6) is 0 Å². The van der Waals surface area contributed by atoms with Gasteiger partial charge in [-0.3, -0.25) is 0 Å². The summed E-state index contributed by atoms with van der Waals surface area (Å²) in [6, 6.07) is 0. The van der Waals surface area contributed by atoms with Crippen molar-refractivity contribution in [2.75, 3.05) is 21.3 Å². The average molecular weight is 297 g/mol. The van der Waals surface area contributed by atoms with Gasteiger partial charge >= 0.3 is 17.6 Å². The Balaban J connectivity index is 4.78. The molecule has 0 aromatic heterocycles. The molecule has 5 nitrogen and oxygen atoms in total. The van der Waals surface area contributed by atoms with Gasteiger partial charge in [0.05, 0.1) is 0 Å². The molecule has 0 saturated carbocycles. The van der Waals surface area contributed by atoms with Gasteiger partial charge in [0.15, 0.2) is 8.32 Å². The van der Waals surface area contributed by atoms with Crippen molar-refractivity contribution in [3.05, 3.63) is 12.3 Å². The Morgan fingerprint density at radius 3 is 1.53 bits per heavy atom. The van der Waals surface area contributed by atoms with Crippen LogP contribution in [0.25, 0.3) is 0 Å². The monoisotopic (exact) mass is 296 g/mol. The van der Waals surface area contributed by atoms with Gasteiger partial charge in [-0.25, -0.2) is 0 Å². The van der Waals surface area contributed by atoms with E-state index < -0.39 is 25.9 Å². The van der Waals surface area contributed by atoms with Crippen LogP contribution in [0.4, 0.5) is 0 Å². The first-order valence-electron chi connectivity index (χ1n) is 5.35. The largest absolute Gasteiger partial charge is 0.669 e. The van der Waals surface area contributed by atoms with E-state index in [1.165, 1.54) is 21.3 Å². The van der Waals surface area contributed by atoms with Crippen LogP contribution in [0.2, 0.25) is 26.2 Å². The van der Waals surface area contributed by atoms with Gasteiger partial charge in [-0.2, -0.15) is 0 Å². The molecule has 0 fully saturated rings. The van der Waals surface area contributed by atoms with Gasteiger partial charge in [-0.15, -0.1) is 6.58 Å². The van der Waals surface area contributed by atoms with E-state index in [4.69, 9.17) is 21.5 Å². The minimum absolute atomic E-state index is 1.51. The Hall–Kier alpha value is 0.191. The Bertz CT molecular complexity index is 245. The summed E-state index contributed by atoms with van der Waals surface area (Å²) >= 11 is 0. The zero-order valence-electron chi connectivity index (χ0n) is 11.8. The van der Waals surface area contributed by atoms with E-state index in [-0.39, 0.29) is 0 Å². The van der Waals surface area contributed by atoms with Gasteiger partial charge in [0, 0.05) is 21.3 Å². The maximum absolute atomic E-state index is 6.07. The molecule has 0 amide bonds. The van der Waals surface area contributed by atoms with Crippen molar-refractivity contribution < 1.29 is 21.5 Å². The van der Waals surface area contributed by atoms with Crippen LogP contribution in [-0.2, 0) is 21.5 Å². The van der Waals surface area contributed by atoms with Crippen LogP contribution < -0.4 is 0 Å². The Labute approximate surface area is 108 Å². The molecule has 0 spiro atoms. The molecule has 8 heteroatoms. The standard InChI is InChI=1S/C9H24O5Si3/c1-9-15(5,6)13-16(7,8)14-17(10-2,11-3)12-4/h9H,1H2,2-8H3. The van der Waals surface area contributed by atoms with Gasteiger partial charge in [-0.05, 0) is 26.2 Å². The maximum Gasteiger partial charge on any atom is 0.669 e. The molecule has 102 valence electrons. The molecular weight excluding hydrogens is 272 g/mol. The topological polar surface area (TPSA) is 46.2 Å². The fourth-order valence-electron chi connectivity index (χ4n) is 1.37. The molecule has 17 heavy (non-hydrogen) atoms. The molecule has 0 bridgehead atoms. The second kappa shape index (κ2) is 6.38. The van der Waals surface area contributed by atoms with Crippen molar-refractivity contribution in [3.8, 4) is 0 Å². The minimum atomic E-state index is -3.04. The first kappa shape index (κ1) is 17.2. The third kappa shape index (κ3) is 5.57. The van der Waals surface area contributed by atoms with Crippen LogP contribution >= 0.6 is 0 Å². The Kier molecular flexibility index (Phi) is 6.46. The fourth-order valence-corrected chi connectivity index (χ4v) is 11.2. The number of hydrogen-bond acceptors (Lipinski definition) is 5. The fraction of sp³-hybridized carbons (Fsp3) is 0.778. The van der Waals surface area contributed by atoms with Crippen LogP contribution in [0.3, 0.4) is 0 Å². The second-order valence-electron chi connectivity index (χ2n) is 4.52. The Morgan fingerprint density at radius 1 is 0.824 bits per heavy atom. The van der Waals surface area contributed by atoms with Gasteiger partial charge in [0.1, 0.15) is 0 Å². The molecule has 0 aliphatic heterocycles. The third-order valence-corrected chi connectivity index (χ3v) is 11.6. The SMILES string of the molecule is C=C[Si](C)(C)O[Si](C)(C)O[Si](OC)(OC)OC. The zero-order valence-corrected chi connectivity index (χ0v) is 14.8. The summed E-state index contributed by atoms with van der Waals surface area (Å²) in [4.78, 5) is 0. The van der Waals surface area contributed by atoms with E-state index in [1.807, 2.05) is 18.8 Å². The molecule has 0 aliphatic carbocycles. The quantitative estimate of drug-likeness (QED) is 0.641. The second-order valence-corrected chi connectivity index (χ2v) is 14.8. The summed E-state index contributed by atoms with van der Waals surface area (Å²) < 4.78 is 27.7. The summed E-state index contributed by atoms with van der Waals surface area (Å²) in [6.07, 6.45) is 0. The predicted molar refractivity (Wildman–Crippen MR) is 74.1 cm³/mol. The molecule has 0 rings (SSSR count). The first-order valence-corrected chi connectivity index (χ1v) is 12.8. The van der Waals surface area contributed by atoms with Crippen molar-refractivity contribution in [2.45, 2.75) is 26.2 Å². The molecule has 0 aromatic carbocycles. The highest BCUT2D eigenvalue weighted by Crippen LogP contribution is 2.21. The van der Waals surface area contributed by atoms with E-state index in [0.717, 1.165) is 0 Å². The molecule has 0 heterocycles. The normalized spacial score (nSPS) is 13.8. The summed E-state index contributed by atoms with van der Waals surface area (Å²) in [5.74, 6) is 0. The molecule has 0 aliphatic rings. The highest BCUT2D eigenvalue weighted by atomic mass is 28.5. The molecule has 0 aromatic rings. The van der Waals surface area contributed by atoms with Crippen LogP contribution in [0.15, 0.2) is 12.3 Å². The Morgan fingerprint density at radius 2 is 1.24 bits per heavy atom. The lowest BCUT2D eigenvalue weighted by atomic mass is 11.3. The number of rotatable bonds is 8. The molecular formula is C9H24O5Si3. The lowest BCUT2D eigenvalue weighted by molar-refractivity contribution is 0.0413. The molecule has 0 atom stereocenters. The average Bonchev–Trinajstić information content (AvgIpc) is 2.25. The highest BCUT2D eigenvalue weighted by molar-refractivity contribution is 6.87. The smallest absolute Gasteiger partial charge is 0.433 e. The summed E-state index contributed by atoms with van der Waals surface area (Å²) in [5.41, 5.74) is 1.88. The van der Waals surface area contributed by atoms with E-state index in [2.05, 4.69) is 19.7 Å². The van der Waals surface area contributed by atoms with Crippen molar-refractivity contribution in [1.29, 1.82) is 0 Å². The van der Waals surface area contributed by atoms with E-state index >= 15 is 0 Å².